The highest BCUT2D eigenvalue weighted by atomic mass is 16.5. The van der Waals surface area contributed by atoms with Gasteiger partial charge in [-0.15, -0.1) is 0 Å². The maximum absolute atomic E-state index is 13.1. The van der Waals surface area contributed by atoms with Crippen LogP contribution in [0.2, 0.25) is 0 Å². The van der Waals surface area contributed by atoms with E-state index in [0.717, 1.165) is 23.7 Å². The number of nitrogens with zero attached hydrogens (tertiary/aromatic N) is 2. The first-order chi connectivity index (χ1) is 12.6. The van der Waals surface area contributed by atoms with Crippen LogP contribution >= 0.6 is 0 Å². The Bertz CT molecular complexity index is 894. The highest BCUT2D eigenvalue weighted by molar-refractivity contribution is 6.04. The van der Waals surface area contributed by atoms with Gasteiger partial charge in [-0.1, -0.05) is 18.2 Å². The Morgan fingerprint density at radius 3 is 3.12 bits per heavy atom. The number of rotatable bonds is 3. The van der Waals surface area contributed by atoms with Gasteiger partial charge in [-0.25, -0.2) is 0 Å². The molecule has 3 fully saturated rings. The van der Waals surface area contributed by atoms with Crippen LogP contribution in [0.3, 0.4) is 0 Å². The standard InChI is InChI=1S/C19H22N4O3/c1-11(24)20-8-13-14-9-23(10-19(14)7-6-16(13)26-19)18(25)17-12-4-2-3-5-15(12)21-22-17/h2-5,13-14,16H,6-10H2,1H3,(H,20,24)(H,21,22)/t13-,14+,16+,19+/m0/s1. The number of nitrogens with one attached hydrogen (secondary N) is 2. The van der Waals surface area contributed by atoms with Crippen molar-refractivity contribution in [2.45, 2.75) is 31.5 Å². The van der Waals surface area contributed by atoms with Crippen LogP contribution in [0.1, 0.15) is 30.3 Å². The summed E-state index contributed by atoms with van der Waals surface area (Å²) in [5, 5.41) is 11.0. The van der Waals surface area contributed by atoms with Gasteiger partial charge in [-0.2, -0.15) is 5.10 Å². The number of aromatic nitrogens is 2. The van der Waals surface area contributed by atoms with Crippen LogP contribution in [0.25, 0.3) is 10.9 Å². The van der Waals surface area contributed by atoms with Crippen LogP contribution in [0.15, 0.2) is 24.3 Å². The Morgan fingerprint density at radius 2 is 2.27 bits per heavy atom. The van der Waals surface area contributed by atoms with Crippen molar-refractivity contribution in [3.63, 3.8) is 0 Å². The second-order valence-electron chi connectivity index (χ2n) is 7.77. The average molecular weight is 354 g/mol. The molecule has 0 unspecified atom stereocenters. The van der Waals surface area contributed by atoms with Crippen LogP contribution in [0.5, 0.6) is 0 Å². The molecule has 1 spiro atoms. The lowest BCUT2D eigenvalue weighted by Crippen LogP contribution is -2.41. The van der Waals surface area contributed by atoms with Gasteiger partial charge in [0.15, 0.2) is 5.69 Å². The summed E-state index contributed by atoms with van der Waals surface area (Å²) >= 11 is 0. The van der Waals surface area contributed by atoms with Gasteiger partial charge in [-0.3, -0.25) is 14.7 Å². The van der Waals surface area contributed by atoms with E-state index in [1.54, 1.807) is 0 Å². The number of carbonyl (C=O) groups is 2. The van der Waals surface area contributed by atoms with E-state index in [1.807, 2.05) is 29.2 Å². The fraction of sp³-hybridized carbons (Fsp3) is 0.526. The van der Waals surface area contributed by atoms with E-state index in [-0.39, 0.29) is 35.4 Å². The van der Waals surface area contributed by atoms with Crippen LogP contribution < -0.4 is 5.32 Å². The number of hydrogen-bond acceptors (Lipinski definition) is 4. The molecule has 2 N–H and O–H groups in total. The summed E-state index contributed by atoms with van der Waals surface area (Å²) in [4.78, 5) is 26.3. The first kappa shape index (κ1) is 15.8. The van der Waals surface area contributed by atoms with Gasteiger partial charge in [0.2, 0.25) is 5.91 Å². The summed E-state index contributed by atoms with van der Waals surface area (Å²) in [5.41, 5.74) is 1.11. The first-order valence-electron chi connectivity index (χ1n) is 9.22. The molecule has 26 heavy (non-hydrogen) atoms. The van der Waals surface area contributed by atoms with Gasteiger partial charge in [0.05, 0.1) is 23.8 Å². The third-order valence-corrected chi connectivity index (χ3v) is 6.33. The van der Waals surface area contributed by atoms with Gasteiger partial charge in [-0.05, 0) is 18.9 Å². The monoisotopic (exact) mass is 354 g/mol. The lowest BCUT2D eigenvalue weighted by atomic mass is 9.73. The predicted molar refractivity (Wildman–Crippen MR) is 94.5 cm³/mol. The van der Waals surface area contributed by atoms with E-state index < -0.39 is 0 Å². The Morgan fingerprint density at radius 1 is 1.42 bits per heavy atom. The van der Waals surface area contributed by atoms with Crippen molar-refractivity contribution in [3.8, 4) is 0 Å². The van der Waals surface area contributed by atoms with E-state index >= 15 is 0 Å². The largest absolute Gasteiger partial charge is 0.369 e. The molecule has 3 saturated heterocycles. The fourth-order valence-corrected chi connectivity index (χ4v) is 5.16. The zero-order valence-electron chi connectivity index (χ0n) is 14.7. The summed E-state index contributed by atoms with van der Waals surface area (Å²) in [6, 6.07) is 7.68. The molecular weight excluding hydrogens is 332 g/mol. The summed E-state index contributed by atoms with van der Waals surface area (Å²) in [6.45, 7) is 3.45. The molecule has 2 aromatic rings. The number of hydrogen-bond donors (Lipinski definition) is 2. The average Bonchev–Trinajstić information content (AvgIpc) is 3.37. The van der Waals surface area contributed by atoms with E-state index in [1.165, 1.54) is 6.92 Å². The van der Waals surface area contributed by atoms with Crippen LogP contribution in [0, 0.1) is 11.8 Å². The van der Waals surface area contributed by atoms with E-state index in [2.05, 4.69) is 15.5 Å². The minimum absolute atomic E-state index is 0.0178. The Labute approximate surface area is 151 Å². The Balaban J connectivity index is 1.39. The number of amides is 2. The van der Waals surface area contributed by atoms with Crippen molar-refractivity contribution in [2.75, 3.05) is 19.6 Å². The van der Waals surface area contributed by atoms with Gasteiger partial charge in [0.25, 0.3) is 5.91 Å². The fourth-order valence-electron chi connectivity index (χ4n) is 5.16. The molecule has 3 aliphatic rings. The van der Waals surface area contributed by atoms with Crippen molar-refractivity contribution in [2.24, 2.45) is 11.8 Å². The molecule has 0 aliphatic carbocycles. The second-order valence-corrected chi connectivity index (χ2v) is 7.77. The Hall–Kier alpha value is -2.41. The number of para-hydroxylation sites is 1. The maximum Gasteiger partial charge on any atom is 0.275 e. The van der Waals surface area contributed by atoms with Gasteiger partial charge < -0.3 is 15.0 Å². The number of carbonyl (C=O) groups excluding carboxylic acids is 2. The molecule has 3 aliphatic heterocycles. The topological polar surface area (TPSA) is 87.3 Å². The van der Waals surface area contributed by atoms with Crippen molar-refractivity contribution >= 4 is 22.7 Å². The summed E-state index contributed by atoms with van der Waals surface area (Å²) in [5.74, 6) is 0.496. The Kier molecular flexibility index (Phi) is 3.37. The zero-order valence-corrected chi connectivity index (χ0v) is 14.7. The van der Waals surface area contributed by atoms with Crippen molar-refractivity contribution in [1.82, 2.24) is 20.4 Å². The number of aromatic amines is 1. The SMILES string of the molecule is CC(=O)NC[C@H]1[C@H]2CN(C(=O)c3n[nH]c4ccccc34)C[C@]23CC[C@H]1O3. The highest BCUT2D eigenvalue weighted by Gasteiger charge is 2.63. The molecule has 0 saturated carbocycles. The van der Waals surface area contributed by atoms with E-state index in [4.69, 9.17) is 4.74 Å². The number of likely N-dealkylation sites (tertiary alicyclic amines) is 1. The third-order valence-electron chi connectivity index (χ3n) is 6.33. The van der Waals surface area contributed by atoms with E-state index in [0.29, 0.717) is 25.3 Å². The molecule has 2 amide bonds. The molecule has 7 nitrogen and oxygen atoms in total. The van der Waals surface area contributed by atoms with Crippen molar-refractivity contribution < 1.29 is 14.3 Å². The molecule has 1 aromatic carbocycles. The van der Waals surface area contributed by atoms with Crippen LogP contribution in [-0.4, -0.2) is 58.3 Å². The predicted octanol–water partition coefficient (Wildman–Crippen LogP) is 1.32. The first-order valence-corrected chi connectivity index (χ1v) is 9.22. The minimum Gasteiger partial charge on any atom is -0.369 e. The highest BCUT2D eigenvalue weighted by Crippen LogP contribution is 2.54. The van der Waals surface area contributed by atoms with Gasteiger partial charge in [0, 0.05) is 37.2 Å². The summed E-state index contributed by atoms with van der Waals surface area (Å²) in [6.07, 6.45) is 2.20. The van der Waals surface area contributed by atoms with Crippen LogP contribution in [-0.2, 0) is 9.53 Å². The number of benzene rings is 1. The molecule has 136 valence electrons. The van der Waals surface area contributed by atoms with Crippen molar-refractivity contribution in [1.29, 1.82) is 0 Å². The van der Waals surface area contributed by atoms with Crippen LogP contribution in [0.4, 0.5) is 0 Å². The summed E-state index contributed by atoms with van der Waals surface area (Å²) < 4.78 is 6.34. The molecule has 4 atom stereocenters. The lowest BCUT2D eigenvalue weighted by molar-refractivity contribution is -0.119. The third kappa shape index (κ3) is 2.19. The quantitative estimate of drug-likeness (QED) is 0.870. The van der Waals surface area contributed by atoms with Crippen molar-refractivity contribution in [3.05, 3.63) is 30.0 Å². The lowest BCUT2D eigenvalue weighted by Gasteiger charge is -2.29. The van der Waals surface area contributed by atoms with E-state index in [9.17, 15) is 9.59 Å². The smallest absolute Gasteiger partial charge is 0.275 e. The molecule has 0 radical (unpaired) electrons. The minimum atomic E-state index is -0.241. The molecular formula is C19H22N4O3. The maximum atomic E-state index is 13.1. The number of ether oxygens (including phenoxy) is 1. The molecule has 4 heterocycles. The molecule has 2 bridgehead atoms. The zero-order chi connectivity index (χ0) is 17.9. The van der Waals surface area contributed by atoms with Gasteiger partial charge in [0.1, 0.15) is 0 Å². The number of H-pyrrole nitrogens is 1. The molecule has 1 aromatic heterocycles. The van der Waals surface area contributed by atoms with Gasteiger partial charge >= 0.3 is 0 Å². The second kappa shape index (κ2) is 5.54. The summed E-state index contributed by atoms with van der Waals surface area (Å²) in [7, 11) is 0. The number of fused-ring (bicyclic) bond motifs is 2. The normalized spacial score (nSPS) is 32.2. The molecule has 7 heteroatoms. The molecule has 5 rings (SSSR count).